The van der Waals surface area contributed by atoms with Gasteiger partial charge in [-0.3, -0.25) is 19.1 Å². The fraction of sp³-hybridized carbons (Fsp3) is 0.467. The molecule has 1 aromatic carbocycles. The number of benzene rings is 1. The number of unbranched alkanes of at least 4 members (excludes halogenated alkanes) is 5. The molecule has 2 saturated heterocycles. The highest BCUT2D eigenvalue weighted by molar-refractivity contribution is 8.26. The molecular formula is C30H37N5O2S2. The molecule has 2 aliphatic rings. The Morgan fingerprint density at radius 2 is 1.64 bits per heavy atom. The summed E-state index contributed by atoms with van der Waals surface area (Å²) in [5.74, 6) is 0.649. The third-order valence-electron chi connectivity index (χ3n) is 7.55. The molecule has 0 aliphatic carbocycles. The summed E-state index contributed by atoms with van der Waals surface area (Å²) in [4.78, 5) is 33.3. The number of rotatable bonds is 10. The zero-order valence-corrected chi connectivity index (χ0v) is 24.7. The van der Waals surface area contributed by atoms with Gasteiger partial charge in [-0.2, -0.15) is 5.26 Å². The molecule has 2 fully saturated rings. The fourth-order valence-corrected chi connectivity index (χ4v) is 6.57. The van der Waals surface area contributed by atoms with Gasteiger partial charge in [0.1, 0.15) is 21.8 Å². The average Bonchev–Trinajstić information content (AvgIpc) is 3.22. The van der Waals surface area contributed by atoms with E-state index in [1.54, 1.807) is 23.4 Å². The smallest absolute Gasteiger partial charge is 0.270 e. The van der Waals surface area contributed by atoms with Gasteiger partial charge >= 0.3 is 0 Å². The highest BCUT2D eigenvalue weighted by Crippen LogP contribution is 2.36. The summed E-state index contributed by atoms with van der Waals surface area (Å²) < 4.78 is 2.13. The van der Waals surface area contributed by atoms with Crippen LogP contribution in [0.1, 0.15) is 62.1 Å². The van der Waals surface area contributed by atoms with Crippen molar-refractivity contribution in [3.8, 4) is 6.07 Å². The second-order valence-electron chi connectivity index (χ2n) is 10.1. The number of para-hydroxylation sites is 1. The molecule has 7 nitrogen and oxygen atoms in total. The number of carbonyl (C=O) groups excluding carboxylic acids is 1. The summed E-state index contributed by atoms with van der Waals surface area (Å²) in [7, 11) is 1.71. The van der Waals surface area contributed by atoms with Crippen LogP contribution in [-0.2, 0) is 11.8 Å². The van der Waals surface area contributed by atoms with Gasteiger partial charge in [0.15, 0.2) is 0 Å². The van der Waals surface area contributed by atoms with Crippen LogP contribution < -0.4 is 15.4 Å². The second-order valence-corrected chi connectivity index (χ2v) is 11.8. The minimum Gasteiger partial charge on any atom is -0.368 e. The summed E-state index contributed by atoms with van der Waals surface area (Å²) in [5.41, 5.74) is 2.31. The van der Waals surface area contributed by atoms with E-state index in [-0.39, 0.29) is 17.0 Å². The molecule has 3 heterocycles. The average molecular weight is 564 g/mol. The van der Waals surface area contributed by atoms with E-state index in [4.69, 9.17) is 12.2 Å². The van der Waals surface area contributed by atoms with Gasteiger partial charge in [0.25, 0.3) is 11.5 Å². The number of carbonyl (C=O) groups is 1. The number of thioether (sulfide) groups is 1. The number of amides is 1. The Hall–Kier alpha value is -3.09. The molecule has 0 bridgehead atoms. The predicted octanol–water partition coefficient (Wildman–Crippen LogP) is 5.45. The van der Waals surface area contributed by atoms with E-state index in [0.717, 1.165) is 37.3 Å². The maximum absolute atomic E-state index is 13.4. The van der Waals surface area contributed by atoms with E-state index in [9.17, 15) is 14.9 Å². The van der Waals surface area contributed by atoms with Crippen LogP contribution in [0.4, 0.5) is 11.5 Å². The molecule has 206 valence electrons. The van der Waals surface area contributed by atoms with Crippen molar-refractivity contribution in [2.45, 2.75) is 52.4 Å². The first-order chi connectivity index (χ1) is 18.9. The normalized spacial score (nSPS) is 16.9. The Labute approximate surface area is 241 Å². The molecular weight excluding hydrogens is 526 g/mol. The molecule has 0 atom stereocenters. The first kappa shape index (κ1) is 28.9. The number of aromatic nitrogens is 1. The molecule has 9 heteroatoms. The number of pyridine rings is 1. The van der Waals surface area contributed by atoms with Gasteiger partial charge < -0.3 is 9.80 Å². The largest absolute Gasteiger partial charge is 0.368 e. The monoisotopic (exact) mass is 563 g/mol. The van der Waals surface area contributed by atoms with Gasteiger partial charge in [-0.25, -0.2) is 0 Å². The maximum Gasteiger partial charge on any atom is 0.270 e. The molecule has 1 amide bonds. The number of piperazine rings is 1. The zero-order valence-electron chi connectivity index (χ0n) is 23.1. The summed E-state index contributed by atoms with van der Waals surface area (Å²) in [6.07, 6.45) is 8.71. The molecule has 0 radical (unpaired) electrons. The number of anilines is 2. The van der Waals surface area contributed by atoms with Gasteiger partial charge in [-0.15, -0.1) is 0 Å². The number of hydrogen-bond acceptors (Lipinski definition) is 7. The number of hydrogen-bond donors (Lipinski definition) is 0. The second kappa shape index (κ2) is 13.3. The number of nitrogens with zero attached hydrogens (tertiary/aromatic N) is 5. The van der Waals surface area contributed by atoms with Crippen LogP contribution in [0, 0.1) is 18.3 Å². The van der Waals surface area contributed by atoms with Crippen LogP contribution in [0.15, 0.2) is 40.0 Å². The van der Waals surface area contributed by atoms with Gasteiger partial charge in [0.05, 0.1) is 4.91 Å². The topological polar surface area (TPSA) is 72.6 Å². The highest BCUT2D eigenvalue weighted by atomic mass is 32.2. The lowest BCUT2D eigenvalue weighted by Gasteiger charge is -2.38. The van der Waals surface area contributed by atoms with Crippen molar-refractivity contribution in [2.24, 2.45) is 7.05 Å². The van der Waals surface area contributed by atoms with Gasteiger partial charge in [0, 0.05) is 51.0 Å². The minimum atomic E-state index is -0.316. The van der Waals surface area contributed by atoms with Crippen LogP contribution in [0.2, 0.25) is 0 Å². The molecule has 39 heavy (non-hydrogen) atoms. The van der Waals surface area contributed by atoms with Crippen molar-refractivity contribution >= 4 is 51.8 Å². The fourth-order valence-electron chi connectivity index (χ4n) is 5.28. The first-order valence-corrected chi connectivity index (χ1v) is 15.0. The van der Waals surface area contributed by atoms with E-state index >= 15 is 0 Å². The van der Waals surface area contributed by atoms with E-state index in [1.807, 2.05) is 24.3 Å². The SMILES string of the molecule is CCCCCCCCN1C(=O)C(=Cc2c(C)c(C#N)c(=O)n(C)c2N2CCN(c3ccccc3)CC2)SC1=S. The van der Waals surface area contributed by atoms with E-state index in [2.05, 4.69) is 34.9 Å². The molecule has 2 aromatic rings. The van der Waals surface area contributed by atoms with Gasteiger partial charge in [-0.05, 0) is 37.1 Å². The molecule has 0 saturated carbocycles. The van der Waals surface area contributed by atoms with Crippen molar-refractivity contribution < 1.29 is 4.79 Å². The summed E-state index contributed by atoms with van der Waals surface area (Å²) in [6, 6.07) is 12.4. The Kier molecular flexibility index (Phi) is 9.87. The van der Waals surface area contributed by atoms with Gasteiger partial charge in [-0.1, -0.05) is 81.2 Å². The minimum absolute atomic E-state index is 0.0924. The molecule has 4 rings (SSSR count). The third-order valence-corrected chi connectivity index (χ3v) is 8.93. The molecule has 0 N–H and O–H groups in total. The van der Waals surface area contributed by atoms with Crippen LogP contribution in [0.5, 0.6) is 0 Å². The lowest BCUT2D eigenvalue weighted by atomic mass is 10.0. The van der Waals surface area contributed by atoms with Crippen molar-refractivity contribution in [3.63, 3.8) is 0 Å². The number of thiocarbonyl (C=S) groups is 1. The summed E-state index contributed by atoms with van der Waals surface area (Å²) >= 11 is 6.89. The Morgan fingerprint density at radius 1 is 1.00 bits per heavy atom. The lowest BCUT2D eigenvalue weighted by molar-refractivity contribution is -0.122. The summed E-state index contributed by atoms with van der Waals surface area (Å²) in [5, 5.41) is 9.78. The summed E-state index contributed by atoms with van der Waals surface area (Å²) in [6.45, 7) is 7.66. The third kappa shape index (κ3) is 6.39. The Morgan fingerprint density at radius 3 is 2.31 bits per heavy atom. The van der Waals surface area contributed by atoms with Crippen LogP contribution in [0.25, 0.3) is 6.08 Å². The lowest BCUT2D eigenvalue weighted by Crippen LogP contribution is -2.48. The standard InChI is InChI=1S/C30H37N5O2S2/c1-4-5-6-7-8-12-15-35-29(37)26(39-30(35)38)20-24-22(2)25(21-31)28(36)32(3)27(24)34-18-16-33(17-19-34)23-13-10-9-11-14-23/h9-11,13-14,20H,4-8,12,15-19H2,1-3H3. The highest BCUT2D eigenvalue weighted by Gasteiger charge is 2.33. The van der Waals surface area contributed by atoms with E-state index in [0.29, 0.717) is 34.4 Å². The van der Waals surface area contributed by atoms with E-state index < -0.39 is 0 Å². The Balaban J connectivity index is 1.59. The van der Waals surface area contributed by atoms with E-state index in [1.165, 1.54) is 43.1 Å². The molecule has 0 unspecified atom stereocenters. The number of nitriles is 1. The van der Waals surface area contributed by atoms with Gasteiger partial charge in [0.2, 0.25) is 0 Å². The van der Waals surface area contributed by atoms with Crippen molar-refractivity contribution in [3.05, 3.63) is 62.3 Å². The van der Waals surface area contributed by atoms with Crippen molar-refractivity contribution in [1.29, 1.82) is 5.26 Å². The molecule has 1 aromatic heterocycles. The van der Waals surface area contributed by atoms with Crippen LogP contribution in [-0.4, -0.2) is 52.4 Å². The van der Waals surface area contributed by atoms with Crippen LogP contribution >= 0.6 is 24.0 Å². The molecule has 0 spiro atoms. The quantitative estimate of drug-likeness (QED) is 0.216. The van der Waals surface area contributed by atoms with Crippen LogP contribution in [0.3, 0.4) is 0 Å². The predicted molar refractivity (Wildman–Crippen MR) is 165 cm³/mol. The van der Waals surface area contributed by atoms with Crippen molar-refractivity contribution in [1.82, 2.24) is 9.47 Å². The molecule has 2 aliphatic heterocycles. The maximum atomic E-state index is 13.4. The Bertz CT molecular complexity index is 1340. The zero-order chi connectivity index (χ0) is 27.9. The van der Waals surface area contributed by atoms with Crippen molar-refractivity contribution in [2.75, 3.05) is 42.5 Å². The first-order valence-electron chi connectivity index (χ1n) is 13.8.